The number of aliphatic hydroxyl groups is 1. The van der Waals surface area contributed by atoms with Crippen LogP contribution in [0.1, 0.15) is 19.4 Å². The minimum absolute atomic E-state index is 0.0483. The Labute approximate surface area is 88.9 Å². The molecule has 4 nitrogen and oxygen atoms in total. The molecule has 1 N–H and O–H groups in total. The largest absolute Gasteiger partial charge is 0.370 e. The first kappa shape index (κ1) is 11.3. The van der Waals surface area contributed by atoms with Crippen LogP contribution in [0.25, 0.3) is 0 Å². The Morgan fingerprint density at radius 3 is 2.33 bits per heavy atom. The molecule has 1 rings (SSSR count). The van der Waals surface area contributed by atoms with E-state index in [-0.39, 0.29) is 5.92 Å². The van der Waals surface area contributed by atoms with Gasteiger partial charge >= 0.3 is 0 Å². The first-order valence-electron chi connectivity index (χ1n) is 4.72. The summed E-state index contributed by atoms with van der Waals surface area (Å²) in [5.74, 6) is 0.0483. The second-order valence-corrected chi connectivity index (χ2v) is 3.53. The highest BCUT2D eigenvalue weighted by Gasteiger charge is 2.05. The lowest BCUT2D eigenvalue weighted by molar-refractivity contribution is 0.127. The van der Waals surface area contributed by atoms with Crippen molar-refractivity contribution in [1.82, 2.24) is 0 Å². The molecule has 1 atom stereocenters. The maximum absolute atomic E-state index is 9.38. The summed E-state index contributed by atoms with van der Waals surface area (Å²) in [6, 6.07) is 8.72. The molecule has 0 aliphatic heterocycles. The van der Waals surface area contributed by atoms with Crippen molar-refractivity contribution >= 4 is 5.69 Å². The third-order valence-electron chi connectivity index (χ3n) is 1.88. The van der Waals surface area contributed by atoms with Gasteiger partial charge in [0.1, 0.15) is 0 Å². The van der Waals surface area contributed by atoms with Crippen LogP contribution in [0.3, 0.4) is 0 Å². The minimum atomic E-state index is -0.777. The zero-order chi connectivity index (χ0) is 11.3. The van der Waals surface area contributed by atoms with Crippen molar-refractivity contribution in [2.45, 2.75) is 20.1 Å². The molecule has 0 aromatic heterocycles. The molecule has 4 heteroatoms. The molecule has 0 aliphatic carbocycles. The van der Waals surface area contributed by atoms with Crippen molar-refractivity contribution in [2.24, 2.45) is 16.1 Å². The summed E-state index contributed by atoms with van der Waals surface area (Å²) in [6.45, 7) is 3.73. The highest BCUT2D eigenvalue weighted by atomic mass is 16.3. The molecule has 0 aliphatic rings. The number of aliphatic hydroxyl groups excluding tert-OH is 1. The molecular weight excluding hydrogens is 190 g/mol. The third kappa shape index (κ3) is 3.49. The molecule has 0 heterocycles. The molecule has 0 fully saturated rings. The molecule has 0 saturated carbocycles. The SMILES string of the molecule is CC(C)C(O)N=Nc1ccc(C#N)cc1. The Morgan fingerprint density at radius 2 is 1.87 bits per heavy atom. The number of rotatable bonds is 3. The van der Waals surface area contributed by atoms with Gasteiger partial charge in [0.25, 0.3) is 0 Å². The standard InChI is InChI=1S/C11H13N3O/c1-8(2)11(15)14-13-10-5-3-9(7-12)4-6-10/h3-6,8,11,15H,1-2H3. The topological polar surface area (TPSA) is 68.7 Å². The molecule has 78 valence electrons. The number of benzene rings is 1. The second kappa shape index (κ2) is 5.23. The average Bonchev–Trinajstić information content (AvgIpc) is 2.26. The predicted molar refractivity (Wildman–Crippen MR) is 56.5 cm³/mol. The van der Waals surface area contributed by atoms with Gasteiger partial charge < -0.3 is 5.11 Å². The molecule has 0 saturated heterocycles. The predicted octanol–water partition coefficient (Wildman–Crippen LogP) is 2.62. The quantitative estimate of drug-likeness (QED) is 0.767. The van der Waals surface area contributed by atoms with Gasteiger partial charge in [-0.25, -0.2) is 0 Å². The Balaban J connectivity index is 2.69. The summed E-state index contributed by atoms with van der Waals surface area (Å²) < 4.78 is 0. The molecule has 0 spiro atoms. The summed E-state index contributed by atoms with van der Waals surface area (Å²) in [5, 5.41) is 25.6. The Morgan fingerprint density at radius 1 is 1.27 bits per heavy atom. The number of nitrogens with zero attached hydrogens (tertiary/aromatic N) is 3. The van der Waals surface area contributed by atoms with Gasteiger partial charge in [-0.3, -0.25) is 0 Å². The van der Waals surface area contributed by atoms with Gasteiger partial charge in [-0.15, -0.1) is 0 Å². The first-order valence-corrected chi connectivity index (χ1v) is 4.72. The highest BCUT2D eigenvalue weighted by Crippen LogP contribution is 2.14. The van der Waals surface area contributed by atoms with Crippen LogP contribution < -0.4 is 0 Å². The Bertz CT molecular complexity index is 376. The maximum atomic E-state index is 9.38. The fraction of sp³-hybridized carbons (Fsp3) is 0.364. The Hall–Kier alpha value is -1.73. The lowest BCUT2D eigenvalue weighted by Gasteiger charge is -2.06. The van der Waals surface area contributed by atoms with Crippen LogP contribution in [0, 0.1) is 17.2 Å². The third-order valence-corrected chi connectivity index (χ3v) is 1.88. The van der Waals surface area contributed by atoms with Gasteiger partial charge in [0.2, 0.25) is 0 Å². The van der Waals surface area contributed by atoms with E-state index < -0.39 is 6.23 Å². The second-order valence-electron chi connectivity index (χ2n) is 3.53. The van der Waals surface area contributed by atoms with Gasteiger partial charge in [-0.2, -0.15) is 15.5 Å². The Kier molecular flexibility index (Phi) is 3.95. The van der Waals surface area contributed by atoms with Crippen LogP contribution in [0.4, 0.5) is 5.69 Å². The van der Waals surface area contributed by atoms with E-state index in [0.717, 1.165) is 0 Å². The molecule has 15 heavy (non-hydrogen) atoms. The zero-order valence-corrected chi connectivity index (χ0v) is 8.75. The van der Waals surface area contributed by atoms with E-state index in [2.05, 4.69) is 10.2 Å². The molecule has 0 radical (unpaired) electrons. The van der Waals surface area contributed by atoms with E-state index in [1.807, 2.05) is 19.9 Å². The van der Waals surface area contributed by atoms with Gasteiger partial charge in [0.15, 0.2) is 6.23 Å². The normalized spacial score (nSPS) is 13.0. The van der Waals surface area contributed by atoms with Crippen molar-refractivity contribution in [3.8, 4) is 6.07 Å². The van der Waals surface area contributed by atoms with Crippen LogP contribution in [-0.4, -0.2) is 11.3 Å². The lowest BCUT2D eigenvalue weighted by Crippen LogP contribution is -2.09. The van der Waals surface area contributed by atoms with E-state index in [9.17, 15) is 5.11 Å². The monoisotopic (exact) mass is 203 g/mol. The van der Waals surface area contributed by atoms with Crippen molar-refractivity contribution in [3.05, 3.63) is 29.8 Å². The van der Waals surface area contributed by atoms with Gasteiger partial charge in [-0.1, -0.05) is 13.8 Å². The fourth-order valence-corrected chi connectivity index (χ4v) is 0.862. The number of hydrogen-bond donors (Lipinski definition) is 1. The summed E-state index contributed by atoms with van der Waals surface area (Å²) in [6.07, 6.45) is -0.777. The van der Waals surface area contributed by atoms with E-state index in [1.54, 1.807) is 24.3 Å². The number of azo groups is 1. The van der Waals surface area contributed by atoms with Gasteiger partial charge in [0.05, 0.1) is 17.3 Å². The molecule has 1 unspecified atom stereocenters. The van der Waals surface area contributed by atoms with Crippen molar-refractivity contribution < 1.29 is 5.11 Å². The summed E-state index contributed by atoms with van der Waals surface area (Å²) in [5.41, 5.74) is 1.21. The lowest BCUT2D eigenvalue weighted by atomic mass is 10.2. The van der Waals surface area contributed by atoms with Crippen molar-refractivity contribution in [2.75, 3.05) is 0 Å². The zero-order valence-electron chi connectivity index (χ0n) is 8.75. The molecular formula is C11H13N3O. The van der Waals surface area contributed by atoms with Crippen LogP contribution in [0.2, 0.25) is 0 Å². The summed E-state index contributed by atoms with van der Waals surface area (Å²) in [4.78, 5) is 0. The van der Waals surface area contributed by atoms with Crippen molar-refractivity contribution in [1.29, 1.82) is 5.26 Å². The fourth-order valence-electron chi connectivity index (χ4n) is 0.862. The number of hydrogen-bond acceptors (Lipinski definition) is 4. The minimum Gasteiger partial charge on any atom is -0.370 e. The number of nitriles is 1. The van der Waals surface area contributed by atoms with E-state index in [1.165, 1.54) is 0 Å². The van der Waals surface area contributed by atoms with Crippen LogP contribution in [0.5, 0.6) is 0 Å². The smallest absolute Gasteiger partial charge is 0.168 e. The van der Waals surface area contributed by atoms with Crippen LogP contribution >= 0.6 is 0 Å². The van der Waals surface area contributed by atoms with E-state index in [0.29, 0.717) is 11.3 Å². The molecule has 1 aromatic carbocycles. The van der Waals surface area contributed by atoms with Crippen LogP contribution in [-0.2, 0) is 0 Å². The molecule has 0 bridgehead atoms. The first-order chi connectivity index (χ1) is 7.13. The maximum Gasteiger partial charge on any atom is 0.168 e. The van der Waals surface area contributed by atoms with Gasteiger partial charge in [-0.05, 0) is 24.3 Å². The molecule has 1 aromatic rings. The van der Waals surface area contributed by atoms with E-state index in [4.69, 9.17) is 5.26 Å². The van der Waals surface area contributed by atoms with E-state index >= 15 is 0 Å². The highest BCUT2D eigenvalue weighted by molar-refractivity contribution is 5.41. The summed E-state index contributed by atoms with van der Waals surface area (Å²) >= 11 is 0. The molecule has 0 amide bonds. The summed E-state index contributed by atoms with van der Waals surface area (Å²) in [7, 11) is 0. The van der Waals surface area contributed by atoms with Gasteiger partial charge in [0, 0.05) is 5.92 Å². The van der Waals surface area contributed by atoms with Crippen LogP contribution in [0.15, 0.2) is 34.5 Å². The average molecular weight is 203 g/mol. The van der Waals surface area contributed by atoms with Crippen molar-refractivity contribution in [3.63, 3.8) is 0 Å².